The molecule has 5 nitrogen and oxygen atoms in total. The predicted octanol–water partition coefficient (Wildman–Crippen LogP) is 4.65. The summed E-state index contributed by atoms with van der Waals surface area (Å²) in [6.07, 6.45) is 2.65. The molecule has 0 fully saturated rings. The first kappa shape index (κ1) is 18.4. The van der Waals surface area contributed by atoms with E-state index in [9.17, 15) is 0 Å². The van der Waals surface area contributed by atoms with Crippen LogP contribution >= 0.6 is 0 Å². The zero-order valence-corrected chi connectivity index (χ0v) is 16.1. The fraction of sp³-hybridized carbons (Fsp3) is 0.304. The Balaban J connectivity index is 1.42. The number of nitrogens with zero attached hydrogens (tertiary/aromatic N) is 1. The van der Waals surface area contributed by atoms with Crippen molar-refractivity contribution in [1.29, 1.82) is 0 Å². The molecule has 146 valence electrons. The minimum Gasteiger partial charge on any atom is -0.494 e. The molecule has 0 saturated heterocycles. The van der Waals surface area contributed by atoms with Crippen LogP contribution in [0.15, 0.2) is 65.3 Å². The summed E-state index contributed by atoms with van der Waals surface area (Å²) >= 11 is 0. The zero-order chi connectivity index (χ0) is 19.2. The van der Waals surface area contributed by atoms with E-state index in [1.165, 1.54) is 11.1 Å². The lowest BCUT2D eigenvalue weighted by Gasteiger charge is -2.21. The minimum absolute atomic E-state index is 0.307. The standard InChI is InChI=1S/C23H25NO4/c1-2-25-20-8-5-19(6-9-20)15-24(16-21-4-3-13-26-21)12-11-18-7-10-22-23(14-18)28-17-27-22/h3-10,13-14H,2,11-12,15-17H2,1H3. The molecule has 0 saturated carbocycles. The van der Waals surface area contributed by atoms with E-state index in [1.807, 2.05) is 37.3 Å². The van der Waals surface area contributed by atoms with Gasteiger partial charge in [-0.3, -0.25) is 4.90 Å². The maximum absolute atomic E-state index is 5.57. The van der Waals surface area contributed by atoms with Crippen LogP contribution < -0.4 is 14.2 Å². The Morgan fingerprint density at radius 1 is 0.929 bits per heavy atom. The second-order valence-electron chi connectivity index (χ2n) is 6.80. The summed E-state index contributed by atoms with van der Waals surface area (Å²) in [4.78, 5) is 2.39. The SMILES string of the molecule is CCOc1ccc(CN(CCc2ccc3c(c2)OCO3)Cc2ccco2)cc1. The van der Waals surface area contributed by atoms with Crippen molar-refractivity contribution in [3.05, 3.63) is 77.7 Å². The van der Waals surface area contributed by atoms with Crippen molar-refractivity contribution in [2.75, 3.05) is 19.9 Å². The van der Waals surface area contributed by atoms with Gasteiger partial charge in [-0.15, -0.1) is 0 Å². The molecule has 1 aromatic heterocycles. The van der Waals surface area contributed by atoms with E-state index >= 15 is 0 Å². The van der Waals surface area contributed by atoms with Crippen LogP contribution in [0, 0.1) is 0 Å². The van der Waals surface area contributed by atoms with Gasteiger partial charge >= 0.3 is 0 Å². The summed E-state index contributed by atoms with van der Waals surface area (Å²) in [7, 11) is 0. The van der Waals surface area contributed by atoms with Crippen LogP contribution in [0.25, 0.3) is 0 Å². The molecule has 0 aliphatic carbocycles. The van der Waals surface area contributed by atoms with Crippen LogP contribution in [-0.2, 0) is 19.5 Å². The van der Waals surface area contributed by atoms with Gasteiger partial charge in [-0.2, -0.15) is 0 Å². The Hall–Kier alpha value is -2.92. The van der Waals surface area contributed by atoms with Crippen LogP contribution in [0.2, 0.25) is 0 Å². The fourth-order valence-corrected chi connectivity index (χ4v) is 3.34. The molecule has 0 amide bonds. The smallest absolute Gasteiger partial charge is 0.231 e. The Kier molecular flexibility index (Phi) is 5.83. The van der Waals surface area contributed by atoms with Crippen molar-refractivity contribution in [1.82, 2.24) is 4.90 Å². The van der Waals surface area contributed by atoms with Gasteiger partial charge in [0.05, 0.1) is 19.4 Å². The van der Waals surface area contributed by atoms with Gasteiger partial charge in [0.15, 0.2) is 11.5 Å². The monoisotopic (exact) mass is 379 g/mol. The molecule has 2 heterocycles. The van der Waals surface area contributed by atoms with Crippen LogP contribution in [0.1, 0.15) is 23.8 Å². The topological polar surface area (TPSA) is 44.1 Å². The summed E-state index contributed by atoms with van der Waals surface area (Å²) in [5.74, 6) is 3.54. The van der Waals surface area contributed by atoms with Gasteiger partial charge in [-0.25, -0.2) is 0 Å². The van der Waals surface area contributed by atoms with E-state index in [0.717, 1.165) is 49.1 Å². The normalized spacial score (nSPS) is 12.5. The van der Waals surface area contributed by atoms with Crippen molar-refractivity contribution in [3.8, 4) is 17.2 Å². The third-order valence-electron chi connectivity index (χ3n) is 4.75. The molecule has 5 heteroatoms. The van der Waals surface area contributed by atoms with Crippen LogP contribution in [0.4, 0.5) is 0 Å². The lowest BCUT2D eigenvalue weighted by atomic mass is 10.1. The third-order valence-corrected chi connectivity index (χ3v) is 4.75. The first-order chi connectivity index (χ1) is 13.8. The van der Waals surface area contributed by atoms with Gasteiger partial charge in [0.2, 0.25) is 6.79 Å². The molecule has 0 N–H and O–H groups in total. The highest BCUT2D eigenvalue weighted by atomic mass is 16.7. The summed E-state index contributed by atoms with van der Waals surface area (Å²) in [5, 5.41) is 0. The Morgan fingerprint density at radius 2 is 1.75 bits per heavy atom. The first-order valence-corrected chi connectivity index (χ1v) is 9.65. The predicted molar refractivity (Wildman–Crippen MR) is 107 cm³/mol. The van der Waals surface area contributed by atoms with E-state index in [4.69, 9.17) is 18.6 Å². The lowest BCUT2D eigenvalue weighted by Crippen LogP contribution is -2.25. The number of furan rings is 1. The van der Waals surface area contributed by atoms with E-state index in [2.05, 4.69) is 29.2 Å². The quantitative estimate of drug-likeness (QED) is 0.541. The largest absolute Gasteiger partial charge is 0.494 e. The highest BCUT2D eigenvalue weighted by Crippen LogP contribution is 2.32. The Bertz CT molecular complexity index is 874. The number of rotatable bonds is 9. The van der Waals surface area contributed by atoms with Crippen LogP contribution in [0.3, 0.4) is 0 Å². The number of benzene rings is 2. The summed E-state index contributed by atoms with van der Waals surface area (Å²) in [6.45, 7) is 5.51. The van der Waals surface area contributed by atoms with Gasteiger partial charge in [0, 0.05) is 13.1 Å². The summed E-state index contributed by atoms with van der Waals surface area (Å²) in [5.41, 5.74) is 2.49. The van der Waals surface area contributed by atoms with Crippen LogP contribution in [0.5, 0.6) is 17.2 Å². The molecule has 1 aliphatic heterocycles. The van der Waals surface area contributed by atoms with E-state index in [1.54, 1.807) is 6.26 Å². The molecular weight excluding hydrogens is 354 g/mol. The van der Waals surface area contributed by atoms with E-state index < -0.39 is 0 Å². The Labute approximate surface area is 165 Å². The molecule has 0 unspecified atom stereocenters. The first-order valence-electron chi connectivity index (χ1n) is 9.65. The van der Waals surface area contributed by atoms with Crippen molar-refractivity contribution in [2.45, 2.75) is 26.4 Å². The molecule has 1 aliphatic rings. The van der Waals surface area contributed by atoms with Gasteiger partial charge in [0.25, 0.3) is 0 Å². The average molecular weight is 379 g/mol. The number of fused-ring (bicyclic) bond motifs is 1. The van der Waals surface area contributed by atoms with Crippen molar-refractivity contribution in [3.63, 3.8) is 0 Å². The average Bonchev–Trinajstić information content (AvgIpc) is 3.39. The fourth-order valence-electron chi connectivity index (χ4n) is 3.34. The maximum atomic E-state index is 5.57. The van der Waals surface area contributed by atoms with Crippen molar-refractivity contribution in [2.24, 2.45) is 0 Å². The molecule has 0 bridgehead atoms. The number of hydrogen-bond acceptors (Lipinski definition) is 5. The summed E-state index contributed by atoms with van der Waals surface area (Å²) < 4.78 is 22.0. The third kappa shape index (κ3) is 4.67. The molecule has 3 aromatic rings. The molecule has 2 aromatic carbocycles. The van der Waals surface area contributed by atoms with Gasteiger partial charge in [0.1, 0.15) is 11.5 Å². The lowest BCUT2D eigenvalue weighted by molar-refractivity contribution is 0.174. The highest BCUT2D eigenvalue weighted by Gasteiger charge is 2.14. The number of hydrogen-bond donors (Lipinski definition) is 0. The summed E-state index contributed by atoms with van der Waals surface area (Å²) in [6, 6.07) is 18.4. The molecule has 0 radical (unpaired) electrons. The van der Waals surface area contributed by atoms with Crippen molar-refractivity contribution >= 4 is 0 Å². The van der Waals surface area contributed by atoms with Gasteiger partial charge in [-0.05, 0) is 60.9 Å². The van der Waals surface area contributed by atoms with E-state index in [0.29, 0.717) is 13.4 Å². The minimum atomic E-state index is 0.307. The van der Waals surface area contributed by atoms with E-state index in [-0.39, 0.29) is 0 Å². The van der Waals surface area contributed by atoms with Crippen LogP contribution in [-0.4, -0.2) is 24.8 Å². The maximum Gasteiger partial charge on any atom is 0.231 e. The second kappa shape index (κ2) is 8.85. The van der Waals surface area contributed by atoms with Crippen molar-refractivity contribution < 1.29 is 18.6 Å². The Morgan fingerprint density at radius 3 is 2.54 bits per heavy atom. The van der Waals surface area contributed by atoms with Gasteiger partial charge in [-0.1, -0.05) is 18.2 Å². The molecule has 4 rings (SSSR count). The number of ether oxygens (including phenoxy) is 3. The molecule has 28 heavy (non-hydrogen) atoms. The highest BCUT2D eigenvalue weighted by molar-refractivity contribution is 5.44. The molecule has 0 spiro atoms. The second-order valence-corrected chi connectivity index (χ2v) is 6.80. The molecular formula is C23H25NO4. The zero-order valence-electron chi connectivity index (χ0n) is 16.1. The van der Waals surface area contributed by atoms with Gasteiger partial charge < -0.3 is 18.6 Å². The molecule has 0 atom stereocenters.